The van der Waals surface area contributed by atoms with E-state index in [0.29, 0.717) is 18.0 Å². The second kappa shape index (κ2) is 6.64. The van der Waals surface area contributed by atoms with Gasteiger partial charge in [-0.2, -0.15) is 5.26 Å². The van der Waals surface area contributed by atoms with Gasteiger partial charge in [-0.15, -0.1) is 0 Å². The van der Waals surface area contributed by atoms with E-state index >= 15 is 0 Å². The van der Waals surface area contributed by atoms with Gasteiger partial charge in [0.25, 0.3) is 0 Å². The number of rotatable bonds is 5. The first-order valence-electron chi connectivity index (χ1n) is 6.13. The zero-order valence-electron chi connectivity index (χ0n) is 11.1. The van der Waals surface area contributed by atoms with Gasteiger partial charge >= 0.3 is 0 Å². The topological polar surface area (TPSA) is 57.9 Å². The summed E-state index contributed by atoms with van der Waals surface area (Å²) in [7, 11) is 1.80. The van der Waals surface area contributed by atoms with Crippen molar-refractivity contribution in [1.82, 2.24) is 10.3 Å². The Bertz CT molecular complexity index is 637. The van der Waals surface area contributed by atoms with E-state index in [-0.39, 0.29) is 12.4 Å². The first-order chi connectivity index (χ1) is 9.71. The third kappa shape index (κ3) is 3.77. The zero-order chi connectivity index (χ0) is 14.4. The van der Waals surface area contributed by atoms with Crippen LogP contribution in [-0.4, -0.2) is 12.0 Å². The SMILES string of the molecule is CNCc1cc(F)cc(OCc2ccnc(C#N)c2)c1. The molecule has 0 fully saturated rings. The molecule has 0 bridgehead atoms. The average molecular weight is 271 g/mol. The number of nitriles is 1. The van der Waals surface area contributed by atoms with Crippen molar-refractivity contribution in [2.24, 2.45) is 0 Å². The van der Waals surface area contributed by atoms with Crippen molar-refractivity contribution in [1.29, 1.82) is 5.26 Å². The highest BCUT2D eigenvalue weighted by molar-refractivity contribution is 5.30. The van der Waals surface area contributed by atoms with Crippen LogP contribution in [0.25, 0.3) is 0 Å². The lowest BCUT2D eigenvalue weighted by molar-refractivity contribution is 0.304. The molecule has 0 saturated carbocycles. The van der Waals surface area contributed by atoms with Crippen molar-refractivity contribution in [2.45, 2.75) is 13.2 Å². The van der Waals surface area contributed by atoms with Gasteiger partial charge in [0, 0.05) is 18.8 Å². The van der Waals surface area contributed by atoms with Gasteiger partial charge in [-0.05, 0) is 42.4 Å². The van der Waals surface area contributed by atoms with Gasteiger partial charge < -0.3 is 10.1 Å². The van der Waals surface area contributed by atoms with Crippen LogP contribution in [-0.2, 0) is 13.2 Å². The summed E-state index contributed by atoms with van der Waals surface area (Å²) in [4.78, 5) is 3.88. The molecule has 1 aromatic carbocycles. The minimum atomic E-state index is -0.333. The van der Waals surface area contributed by atoms with Crippen LogP contribution in [0.5, 0.6) is 5.75 Å². The number of pyridine rings is 1. The Morgan fingerprint density at radius 1 is 1.30 bits per heavy atom. The number of nitrogens with one attached hydrogen (secondary N) is 1. The van der Waals surface area contributed by atoms with E-state index in [1.54, 1.807) is 31.4 Å². The molecule has 0 unspecified atom stereocenters. The van der Waals surface area contributed by atoms with E-state index in [1.807, 2.05) is 6.07 Å². The molecule has 20 heavy (non-hydrogen) atoms. The third-order valence-electron chi connectivity index (χ3n) is 2.66. The molecule has 102 valence electrons. The molecule has 0 radical (unpaired) electrons. The fourth-order valence-electron chi connectivity index (χ4n) is 1.80. The maximum Gasteiger partial charge on any atom is 0.140 e. The Balaban J connectivity index is 2.08. The summed E-state index contributed by atoms with van der Waals surface area (Å²) in [6, 6.07) is 9.96. The van der Waals surface area contributed by atoms with Crippen molar-refractivity contribution in [3.8, 4) is 11.8 Å². The van der Waals surface area contributed by atoms with Crippen molar-refractivity contribution in [3.05, 3.63) is 59.2 Å². The van der Waals surface area contributed by atoms with Crippen molar-refractivity contribution >= 4 is 0 Å². The van der Waals surface area contributed by atoms with E-state index in [2.05, 4.69) is 10.3 Å². The Hall–Kier alpha value is -2.45. The summed E-state index contributed by atoms with van der Waals surface area (Å²) in [5.74, 6) is 0.130. The van der Waals surface area contributed by atoms with Crippen LogP contribution in [0.3, 0.4) is 0 Å². The molecule has 4 nitrogen and oxygen atoms in total. The van der Waals surface area contributed by atoms with E-state index in [9.17, 15) is 4.39 Å². The molecule has 1 heterocycles. The van der Waals surface area contributed by atoms with Crippen LogP contribution in [0.1, 0.15) is 16.8 Å². The van der Waals surface area contributed by atoms with E-state index < -0.39 is 0 Å². The van der Waals surface area contributed by atoms with E-state index in [0.717, 1.165) is 11.1 Å². The molecule has 2 rings (SSSR count). The fourth-order valence-corrected chi connectivity index (χ4v) is 1.80. The highest BCUT2D eigenvalue weighted by Gasteiger charge is 2.03. The maximum absolute atomic E-state index is 13.4. The first kappa shape index (κ1) is 14.0. The number of nitrogens with zero attached hydrogens (tertiary/aromatic N) is 2. The van der Waals surface area contributed by atoms with Gasteiger partial charge in [0.15, 0.2) is 0 Å². The van der Waals surface area contributed by atoms with Crippen LogP contribution < -0.4 is 10.1 Å². The van der Waals surface area contributed by atoms with Gasteiger partial charge in [0.05, 0.1) is 0 Å². The maximum atomic E-state index is 13.4. The molecule has 0 aliphatic heterocycles. The average Bonchev–Trinajstić information content (AvgIpc) is 2.45. The molecule has 1 aromatic heterocycles. The van der Waals surface area contributed by atoms with Gasteiger partial charge in [0.2, 0.25) is 0 Å². The molecule has 0 saturated heterocycles. The fraction of sp³-hybridized carbons (Fsp3) is 0.200. The normalized spacial score (nSPS) is 10.1. The van der Waals surface area contributed by atoms with Crippen LogP contribution in [0.4, 0.5) is 4.39 Å². The summed E-state index contributed by atoms with van der Waals surface area (Å²) < 4.78 is 19.0. The quantitative estimate of drug-likeness (QED) is 0.907. The predicted octanol–water partition coefficient (Wildman–Crippen LogP) is 2.39. The van der Waals surface area contributed by atoms with Gasteiger partial charge in [-0.1, -0.05) is 0 Å². The number of benzene rings is 1. The Labute approximate surface area is 116 Å². The van der Waals surface area contributed by atoms with Crippen LogP contribution in [0.15, 0.2) is 36.5 Å². The van der Waals surface area contributed by atoms with E-state index in [1.165, 1.54) is 12.1 Å². The second-order valence-electron chi connectivity index (χ2n) is 4.28. The van der Waals surface area contributed by atoms with Crippen LogP contribution in [0.2, 0.25) is 0 Å². The lowest BCUT2D eigenvalue weighted by Crippen LogP contribution is -2.06. The number of ether oxygens (including phenoxy) is 1. The lowest BCUT2D eigenvalue weighted by Gasteiger charge is -2.09. The van der Waals surface area contributed by atoms with Gasteiger partial charge in [-0.3, -0.25) is 0 Å². The minimum Gasteiger partial charge on any atom is -0.489 e. The number of halogens is 1. The molecule has 0 spiro atoms. The molecule has 0 amide bonds. The molecule has 0 atom stereocenters. The number of aromatic nitrogens is 1. The zero-order valence-corrected chi connectivity index (χ0v) is 11.1. The Morgan fingerprint density at radius 2 is 2.15 bits per heavy atom. The minimum absolute atomic E-state index is 0.264. The second-order valence-corrected chi connectivity index (χ2v) is 4.28. The van der Waals surface area contributed by atoms with E-state index in [4.69, 9.17) is 10.00 Å². The Morgan fingerprint density at radius 3 is 2.90 bits per heavy atom. The Kier molecular flexibility index (Phi) is 4.64. The monoisotopic (exact) mass is 271 g/mol. The largest absolute Gasteiger partial charge is 0.489 e. The smallest absolute Gasteiger partial charge is 0.140 e. The molecular formula is C15H14FN3O. The lowest BCUT2D eigenvalue weighted by atomic mass is 10.2. The summed E-state index contributed by atoms with van der Waals surface area (Å²) >= 11 is 0. The highest BCUT2D eigenvalue weighted by Crippen LogP contribution is 2.18. The number of hydrogen-bond acceptors (Lipinski definition) is 4. The molecule has 0 aliphatic carbocycles. The molecule has 2 aromatic rings. The summed E-state index contributed by atoms with van der Waals surface area (Å²) in [6.45, 7) is 0.835. The molecule has 1 N–H and O–H groups in total. The predicted molar refractivity (Wildman–Crippen MR) is 72.4 cm³/mol. The summed E-state index contributed by atoms with van der Waals surface area (Å²) in [6.07, 6.45) is 1.55. The van der Waals surface area contributed by atoms with Gasteiger partial charge in [-0.25, -0.2) is 9.37 Å². The van der Waals surface area contributed by atoms with Crippen molar-refractivity contribution in [3.63, 3.8) is 0 Å². The van der Waals surface area contributed by atoms with Crippen LogP contribution >= 0.6 is 0 Å². The summed E-state index contributed by atoms with van der Waals surface area (Å²) in [5, 5.41) is 11.7. The first-order valence-corrected chi connectivity index (χ1v) is 6.13. The molecule has 0 aliphatic rings. The highest BCUT2D eigenvalue weighted by atomic mass is 19.1. The number of hydrogen-bond donors (Lipinski definition) is 1. The molecule has 5 heteroatoms. The molecular weight excluding hydrogens is 257 g/mol. The standard InChI is InChI=1S/C15H14FN3O/c1-18-9-12-4-13(16)7-15(6-12)20-10-11-2-3-19-14(5-11)8-17/h2-7,18H,9-10H2,1H3. The van der Waals surface area contributed by atoms with Crippen LogP contribution in [0, 0.1) is 17.1 Å². The third-order valence-corrected chi connectivity index (χ3v) is 2.66. The van der Waals surface area contributed by atoms with Gasteiger partial charge in [0.1, 0.15) is 29.9 Å². The van der Waals surface area contributed by atoms with Crippen molar-refractivity contribution in [2.75, 3.05) is 7.05 Å². The van der Waals surface area contributed by atoms with Crippen molar-refractivity contribution < 1.29 is 9.13 Å². The summed E-state index contributed by atoms with van der Waals surface area (Å²) in [5.41, 5.74) is 1.96.